The van der Waals surface area contributed by atoms with Gasteiger partial charge >= 0.3 is 0 Å². The second-order valence-electron chi connectivity index (χ2n) is 4.46. The number of nitrogens with one attached hydrogen (secondary N) is 1. The zero-order chi connectivity index (χ0) is 16.3. The maximum atomic E-state index is 13.4. The summed E-state index contributed by atoms with van der Waals surface area (Å²) in [5.74, 6) is -2.91. The Bertz CT molecular complexity index is 774. The SMILES string of the molecule is NC(=O)c1cccc(C(=O)Nc2ccc(F)c(C(N)=O)c2)c1. The predicted molar refractivity (Wildman–Crippen MR) is 77.8 cm³/mol. The van der Waals surface area contributed by atoms with Gasteiger partial charge in [-0.2, -0.15) is 0 Å². The molecule has 112 valence electrons. The van der Waals surface area contributed by atoms with E-state index in [-0.39, 0.29) is 22.4 Å². The van der Waals surface area contributed by atoms with Crippen LogP contribution in [-0.2, 0) is 0 Å². The van der Waals surface area contributed by atoms with Crippen LogP contribution in [-0.4, -0.2) is 17.7 Å². The Morgan fingerprint density at radius 3 is 2.23 bits per heavy atom. The third-order valence-electron chi connectivity index (χ3n) is 2.90. The maximum Gasteiger partial charge on any atom is 0.255 e. The summed E-state index contributed by atoms with van der Waals surface area (Å²) in [7, 11) is 0. The van der Waals surface area contributed by atoms with Crippen molar-refractivity contribution < 1.29 is 18.8 Å². The largest absolute Gasteiger partial charge is 0.366 e. The highest BCUT2D eigenvalue weighted by molar-refractivity contribution is 6.06. The highest BCUT2D eigenvalue weighted by atomic mass is 19.1. The molecule has 3 amide bonds. The van der Waals surface area contributed by atoms with Crippen LogP contribution < -0.4 is 16.8 Å². The molecule has 0 atom stereocenters. The first-order chi connectivity index (χ1) is 10.4. The van der Waals surface area contributed by atoms with Gasteiger partial charge in [-0.15, -0.1) is 0 Å². The molecule has 6 nitrogen and oxygen atoms in total. The highest BCUT2D eigenvalue weighted by Gasteiger charge is 2.12. The molecule has 0 spiro atoms. The van der Waals surface area contributed by atoms with Gasteiger partial charge in [0, 0.05) is 16.8 Å². The molecule has 0 fully saturated rings. The fraction of sp³-hybridized carbons (Fsp3) is 0. The van der Waals surface area contributed by atoms with Gasteiger partial charge in [-0.05, 0) is 36.4 Å². The van der Waals surface area contributed by atoms with Gasteiger partial charge in [-0.3, -0.25) is 14.4 Å². The Labute approximate surface area is 124 Å². The van der Waals surface area contributed by atoms with Crippen LogP contribution in [0.3, 0.4) is 0 Å². The number of carbonyl (C=O) groups excluding carboxylic acids is 3. The summed E-state index contributed by atoms with van der Waals surface area (Å²) in [6.07, 6.45) is 0. The van der Waals surface area contributed by atoms with Gasteiger partial charge in [-0.1, -0.05) is 6.07 Å². The first-order valence-electron chi connectivity index (χ1n) is 6.19. The number of amides is 3. The lowest BCUT2D eigenvalue weighted by molar-refractivity contribution is 0.0987. The van der Waals surface area contributed by atoms with Gasteiger partial charge in [0.15, 0.2) is 0 Å². The number of hydrogen-bond donors (Lipinski definition) is 3. The first-order valence-corrected chi connectivity index (χ1v) is 6.19. The third kappa shape index (κ3) is 3.26. The Morgan fingerprint density at radius 1 is 0.909 bits per heavy atom. The van der Waals surface area contributed by atoms with E-state index in [0.29, 0.717) is 0 Å². The molecule has 0 aliphatic heterocycles. The molecule has 0 aromatic heterocycles. The molecule has 0 aliphatic carbocycles. The number of rotatable bonds is 4. The van der Waals surface area contributed by atoms with Crippen molar-refractivity contribution in [3.63, 3.8) is 0 Å². The van der Waals surface area contributed by atoms with Crippen molar-refractivity contribution in [3.8, 4) is 0 Å². The van der Waals surface area contributed by atoms with Crippen LogP contribution >= 0.6 is 0 Å². The number of hydrogen-bond acceptors (Lipinski definition) is 3. The van der Waals surface area contributed by atoms with Gasteiger partial charge in [0.1, 0.15) is 5.82 Å². The van der Waals surface area contributed by atoms with Crippen LogP contribution in [0.1, 0.15) is 31.1 Å². The minimum Gasteiger partial charge on any atom is -0.366 e. The Balaban J connectivity index is 2.26. The lowest BCUT2D eigenvalue weighted by Gasteiger charge is -2.07. The molecular formula is C15H12FN3O3. The molecule has 0 saturated carbocycles. The predicted octanol–water partition coefficient (Wildman–Crippen LogP) is 1.28. The van der Waals surface area contributed by atoms with E-state index in [1.165, 1.54) is 30.3 Å². The average molecular weight is 301 g/mol. The second-order valence-corrected chi connectivity index (χ2v) is 4.46. The van der Waals surface area contributed by atoms with E-state index >= 15 is 0 Å². The van der Waals surface area contributed by atoms with E-state index in [2.05, 4.69) is 5.32 Å². The van der Waals surface area contributed by atoms with Crippen molar-refractivity contribution in [2.75, 3.05) is 5.32 Å². The van der Waals surface area contributed by atoms with E-state index in [9.17, 15) is 18.8 Å². The number of anilines is 1. The van der Waals surface area contributed by atoms with Crippen LogP contribution in [0.2, 0.25) is 0 Å². The summed E-state index contributed by atoms with van der Waals surface area (Å²) >= 11 is 0. The number of halogens is 1. The maximum absolute atomic E-state index is 13.4. The van der Waals surface area contributed by atoms with Crippen LogP contribution in [0.15, 0.2) is 42.5 Å². The Hall–Kier alpha value is -3.22. The highest BCUT2D eigenvalue weighted by Crippen LogP contribution is 2.16. The smallest absolute Gasteiger partial charge is 0.255 e. The lowest BCUT2D eigenvalue weighted by Crippen LogP contribution is -2.17. The van der Waals surface area contributed by atoms with Crippen LogP contribution in [0.4, 0.5) is 10.1 Å². The van der Waals surface area contributed by atoms with Crippen molar-refractivity contribution in [1.29, 1.82) is 0 Å². The Morgan fingerprint density at radius 2 is 1.59 bits per heavy atom. The second kappa shape index (κ2) is 6.04. The third-order valence-corrected chi connectivity index (χ3v) is 2.90. The van der Waals surface area contributed by atoms with E-state index in [1.54, 1.807) is 0 Å². The summed E-state index contributed by atoms with van der Waals surface area (Å²) in [6, 6.07) is 9.24. The number of benzene rings is 2. The summed E-state index contributed by atoms with van der Waals surface area (Å²) in [6.45, 7) is 0. The molecule has 0 unspecified atom stereocenters. The molecule has 0 bridgehead atoms. The first kappa shape index (κ1) is 15.2. The molecule has 0 radical (unpaired) electrons. The van der Waals surface area contributed by atoms with Crippen LogP contribution in [0.5, 0.6) is 0 Å². The molecule has 2 aromatic rings. The standard InChI is InChI=1S/C15H12FN3O3/c16-12-5-4-10(7-11(12)14(18)21)19-15(22)9-3-1-2-8(6-9)13(17)20/h1-7H,(H2,17,20)(H2,18,21)(H,19,22). The van der Waals surface area contributed by atoms with Crippen molar-refractivity contribution in [2.45, 2.75) is 0 Å². The minimum absolute atomic E-state index is 0.185. The molecule has 5 N–H and O–H groups in total. The van der Waals surface area contributed by atoms with Crippen molar-refractivity contribution >= 4 is 23.4 Å². The van der Waals surface area contributed by atoms with E-state index in [0.717, 1.165) is 12.1 Å². The lowest BCUT2D eigenvalue weighted by atomic mass is 10.1. The topological polar surface area (TPSA) is 115 Å². The van der Waals surface area contributed by atoms with Crippen LogP contribution in [0.25, 0.3) is 0 Å². The van der Waals surface area contributed by atoms with Crippen LogP contribution in [0, 0.1) is 5.82 Å². The fourth-order valence-corrected chi connectivity index (χ4v) is 1.81. The fourth-order valence-electron chi connectivity index (χ4n) is 1.81. The van der Waals surface area contributed by atoms with E-state index in [1.807, 2.05) is 0 Å². The van der Waals surface area contributed by atoms with Gasteiger partial charge in [0.05, 0.1) is 5.56 Å². The molecule has 0 aliphatic rings. The normalized spacial score (nSPS) is 10.0. The van der Waals surface area contributed by atoms with Crippen molar-refractivity contribution in [1.82, 2.24) is 0 Å². The summed E-state index contributed by atoms with van der Waals surface area (Å²) in [5.41, 5.74) is 10.4. The molecule has 2 rings (SSSR count). The summed E-state index contributed by atoms with van der Waals surface area (Å²) in [5, 5.41) is 2.48. The zero-order valence-corrected chi connectivity index (χ0v) is 11.3. The number of nitrogens with two attached hydrogens (primary N) is 2. The molecule has 0 heterocycles. The Kier molecular flexibility index (Phi) is 4.17. The van der Waals surface area contributed by atoms with Gasteiger partial charge < -0.3 is 16.8 Å². The van der Waals surface area contributed by atoms with Gasteiger partial charge in [0.25, 0.3) is 11.8 Å². The molecule has 0 saturated heterocycles. The number of carbonyl (C=O) groups is 3. The van der Waals surface area contributed by atoms with Gasteiger partial charge in [0.2, 0.25) is 5.91 Å². The van der Waals surface area contributed by atoms with E-state index < -0.39 is 23.5 Å². The molecule has 2 aromatic carbocycles. The minimum atomic E-state index is -0.940. The monoisotopic (exact) mass is 301 g/mol. The summed E-state index contributed by atoms with van der Waals surface area (Å²) < 4.78 is 13.4. The zero-order valence-electron chi connectivity index (χ0n) is 11.3. The number of primary amides is 2. The van der Waals surface area contributed by atoms with Gasteiger partial charge in [-0.25, -0.2) is 4.39 Å². The quantitative estimate of drug-likeness (QED) is 0.789. The molecule has 7 heteroatoms. The average Bonchev–Trinajstić information content (AvgIpc) is 2.49. The van der Waals surface area contributed by atoms with Crippen molar-refractivity contribution in [3.05, 3.63) is 65.0 Å². The molecular weight excluding hydrogens is 289 g/mol. The molecule has 22 heavy (non-hydrogen) atoms. The van der Waals surface area contributed by atoms with E-state index in [4.69, 9.17) is 11.5 Å². The van der Waals surface area contributed by atoms with Crippen molar-refractivity contribution in [2.24, 2.45) is 11.5 Å². The summed E-state index contributed by atoms with van der Waals surface area (Å²) in [4.78, 5) is 34.2.